The van der Waals surface area contributed by atoms with Crippen molar-refractivity contribution in [2.45, 2.75) is 24.8 Å². The molecule has 0 radical (unpaired) electrons. The highest BCUT2D eigenvalue weighted by atomic mass is 16.6. The van der Waals surface area contributed by atoms with Crippen molar-refractivity contribution in [3.05, 3.63) is 0 Å². The first-order valence-electron chi connectivity index (χ1n) is 6.29. The number of methoxy groups -OCH3 is 1. The first-order chi connectivity index (χ1) is 8.69. The van der Waals surface area contributed by atoms with E-state index in [4.69, 9.17) is 24.7 Å². The molecule has 0 heterocycles. The topological polar surface area (TPSA) is 80.0 Å². The lowest BCUT2D eigenvalue weighted by atomic mass is 9.78. The molecule has 0 spiro atoms. The minimum absolute atomic E-state index is 0.246. The zero-order valence-corrected chi connectivity index (χ0v) is 11.0. The molecule has 1 aliphatic rings. The molecule has 18 heavy (non-hydrogen) atoms. The zero-order valence-electron chi connectivity index (χ0n) is 11.0. The Bertz CT molecular complexity index is 243. The van der Waals surface area contributed by atoms with Crippen LogP contribution >= 0.6 is 0 Å². The van der Waals surface area contributed by atoms with E-state index in [9.17, 15) is 4.79 Å². The van der Waals surface area contributed by atoms with Gasteiger partial charge in [-0.1, -0.05) is 0 Å². The van der Waals surface area contributed by atoms with Gasteiger partial charge in [-0.05, 0) is 19.3 Å². The fourth-order valence-corrected chi connectivity index (χ4v) is 1.56. The van der Waals surface area contributed by atoms with E-state index in [2.05, 4.69) is 0 Å². The van der Waals surface area contributed by atoms with Gasteiger partial charge in [-0.2, -0.15) is 0 Å². The van der Waals surface area contributed by atoms with Crippen LogP contribution in [0.15, 0.2) is 0 Å². The molecule has 1 saturated carbocycles. The standard InChI is InChI=1S/C12H23NO5/c1-15-5-6-16-7-8-17-9-10-18-11(14)12(13)3-2-4-12/h2-10,13H2,1H3. The highest BCUT2D eigenvalue weighted by molar-refractivity contribution is 5.81. The molecule has 0 bridgehead atoms. The highest BCUT2D eigenvalue weighted by Crippen LogP contribution is 2.29. The fraction of sp³-hybridized carbons (Fsp3) is 0.917. The first kappa shape index (κ1) is 15.4. The number of nitrogens with two attached hydrogens (primary N) is 1. The molecule has 0 aromatic heterocycles. The number of rotatable bonds is 10. The summed E-state index contributed by atoms with van der Waals surface area (Å²) in [7, 11) is 1.63. The Morgan fingerprint density at radius 1 is 1.06 bits per heavy atom. The van der Waals surface area contributed by atoms with E-state index in [1.54, 1.807) is 7.11 Å². The van der Waals surface area contributed by atoms with Crippen molar-refractivity contribution in [2.24, 2.45) is 5.73 Å². The Hall–Kier alpha value is -0.690. The monoisotopic (exact) mass is 261 g/mol. The molecule has 0 amide bonds. The quantitative estimate of drug-likeness (QED) is 0.443. The van der Waals surface area contributed by atoms with Crippen LogP contribution in [0.2, 0.25) is 0 Å². The zero-order chi connectivity index (χ0) is 13.3. The lowest BCUT2D eigenvalue weighted by Gasteiger charge is -2.34. The minimum atomic E-state index is -0.733. The maximum Gasteiger partial charge on any atom is 0.326 e. The van der Waals surface area contributed by atoms with Crippen LogP contribution in [0.1, 0.15) is 19.3 Å². The molecule has 1 fully saturated rings. The van der Waals surface area contributed by atoms with Crippen molar-refractivity contribution in [2.75, 3.05) is 46.8 Å². The Morgan fingerprint density at radius 3 is 2.11 bits per heavy atom. The molecule has 0 atom stereocenters. The van der Waals surface area contributed by atoms with E-state index in [1.165, 1.54) is 0 Å². The molecule has 0 saturated heterocycles. The third kappa shape index (κ3) is 5.30. The van der Waals surface area contributed by atoms with Gasteiger partial charge in [0.1, 0.15) is 12.1 Å². The summed E-state index contributed by atoms with van der Waals surface area (Å²) in [6, 6.07) is 0. The van der Waals surface area contributed by atoms with Gasteiger partial charge in [0.25, 0.3) is 0 Å². The Morgan fingerprint density at radius 2 is 1.61 bits per heavy atom. The van der Waals surface area contributed by atoms with Crippen LogP contribution < -0.4 is 5.73 Å². The van der Waals surface area contributed by atoms with Gasteiger partial charge in [0, 0.05) is 7.11 Å². The molecule has 1 rings (SSSR count). The van der Waals surface area contributed by atoms with Gasteiger partial charge in [-0.3, -0.25) is 4.79 Å². The third-order valence-corrected chi connectivity index (χ3v) is 2.92. The molecule has 6 heteroatoms. The molecule has 106 valence electrons. The molecule has 6 nitrogen and oxygen atoms in total. The molecule has 0 aromatic rings. The second kappa shape index (κ2) is 8.42. The molecule has 1 aliphatic carbocycles. The number of hydrogen-bond acceptors (Lipinski definition) is 6. The van der Waals surface area contributed by atoms with E-state index >= 15 is 0 Å². The summed E-state index contributed by atoms with van der Waals surface area (Å²) < 4.78 is 20.3. The Balaban J connectivity index is 1.85. The van der Waals surface area contributed by atoms with E-state index in [0.717, 1.165) is 19.3 Å². The maximum atomic E-state index is 11.5. The summed E-state index contributed by atoms with van der Waals surface area (Å²) in [5.41, 5.74) is 5.08. The summed E-state index contributed by atoms with van der Waals surface area (Å²) >= 11 is 0. The van der Waals surface area contributed by atoms with Crippen molar-refractivity contribution >= 4 is 5.97 Å². The van der Waals surface area contributed by atoms with Crippen LogP contribution in [-0.2, 0) is 23.7 Å². The largest absolute Gasteiger partial charge is 0.462 e. The van der Waals surface area contributed by atoms with Crippen LogP contribution in [-0.4, -0.2) is 58.3 Å². The lowest BCUT2D eigenvalue weighted by Crippen LogP contribution is -2.54. The number of hydrogen-bond donors (Lipinski definition) is 1. The van der Waals surface area contributed by atoms with Crippen LogP contribution in [0.3, 0.4) is 0 Å². The second-order valence-corrected chi connectivity index (χ2v) is 4.36. The predicted molar refractivity (Wildman–Crippen MR) is 65.2 cm³/mol. The van der Waals surface area contributed by atoms with Gasteiger partial charge in [0.05, 0.1) is 33.0 Å². The SMILES string of the molecule is COCCOCCOCCOC(=O)C1(N)CCC1. The van der Waals surface area contributed by atoms with E-state index < -0.39 is 5.54 Å². The van der Waals surface area contributed by atoms with Crippen molar-refractivity contribution in [3.63, 3.8) is 0 Å². The van der Waals surface area contributed by atoms with Crippen molar-refractivity contribution in [3.8, 4) is 0 Å². The van der Waals surface area contributed by atoms with Crippen molar-refractivity contribution in [1.29, 1.82) is 0 Å². The second-order valence-electron chi connectivity index (χ2n) is 4.36. The average molecular weight is 261 g/mol. The summed E-state index contributed by atoms with van der Waals surface area (Å²) in [4.78, 5) is 11.5. The first-order valence-corrected chi connectivity index (χ1v) is 6.29. The average Bonchev–Trinajstić information content (AvgIpc) is 2.33. The van der Waals surface area contributed by atoms with Crippen molar-refractivity contribution < 1.29 is 23.7 Å². The number of carbonyl (C=O) groups is 1. The molecule has 0 aliphatic heterocycles. The van der Waals surface area contributed by atoms with Crippen LogP contribution in [0.4, 0.5) is 0 Å². The smallest absolute Gasteiger partial charge is 0.326 e. The van der Waals surface area contributed by atoms with Gasteiger partial charge in [-0.25, -0.2) is 0 Å². The number of carbonyl (C=O) groups excluding carboxylic acids is 1. The summed E-state index contributed by atoms with van der Waals surface area (Å²) in [5.74, 6) is -0.311. The normalized spacial score (nSPS) is 17.2. The van der Waals surface area contributed by atoms with Gasteiger partial charge in [0.2, 0.25) is 0 Å². The van der Waals surface area contributed by atoms with Gasteiger partial charge in [-0.15, -0.1) is 0 Å². The van der Waals surface area contributed by atoms with Crippen LogP contribution in [0.5, 0.6) is 0 Å². The van der Waals surface area contributed by atoms with Crippen LogP contribution in [0.25, 0.3) is 0 Å². The molecular formula is C12H23NO5. The van der Waals surface area contributed by atoms with Gasteiger partial charge < -0.3 is 24.7 Å². The predicted octanol–water partition coefficient (Wildman–Crippen LogP) is 0.0906. The summed E-state index contributed by atoms with van der Waals surface area (Å²) in [5, 5.41) is 0. The summed E-state index contributed by atoms with van der Waals surface area (Å²) in [6.07, 6.45) is 2.45. The van der Waals surface area contributed by atoms with Gasteiger partial charge in [0.15, 0.2) is 0 Å². The number of esters is 1. The van der Waals surface area contributed by atoms with E-state index in [0.29, 0.717) is 33.0 Å². The lowest BCUT2D eigenvalue weighted by molar-refractivity contribution is -0.155. The van der Waals surface area contributed by atoms with E-state index in [1.807, 2.05) is 0 Å². The summed E-state index contributed by atoms with van der Waals surface area (Å²) in [6.45, 7) is 2.75. The fourth-order valence-electron chi connectivity index (χ4n) is 1.56. The highest BCUT2D eigenvalue weighted by Gasteiger charge is 2.41. The van der Waals surface area contributed by atoms with Crippen molar-refractivity contribution in [1.82, 2.24) is 0 Å². The van der Waals surface area contributed by atoms with Crippen LogP contribution in [0, 0.1) is 0 Å². The Labute approximate surface area is 108 Å². The van der Waals surface area contributed by atoms with E-state index in [-0.39, 0.29) is 12.6 Å². The number of ether oxygens (including phenoxy) is 4. The molecule has 2 N–H and O–H groups in total. The molecular weight excluding hydrogens is 238 g/mol. The third-order valence-electron chi connectivity index (χ3n) is 2.92. The minimum Gasteiger partial charge on any atom is -0.462 e. The molecule has 0 aromatic carbocycles. The maximum absolute atomic E-state index is 11.5. The Kier molecular flexibility index (Phi) is 7.19. The van der Waals surface area contributed by atoms with Gasteiger partial charge >= 0.3 is 5.97 Å². The molecule has 0 unspecified atom stereocenters.